The first-order valence-corrected chi connectivity index (χ1v) is 9.43. The lowest BCUT2D eigenvalue weighted by atomic mass is 9.97. The average Bonchev–Trinajstić information content (AvgIpc) is 3.34. The highest BCUT2D eigenvalue weighted by molar-refractivity contribution is 7.12. The van der Waals surface area contributed by atoms with E-state index in [9.17, 15) is 4.79 Å². The van der Waals surface area contributed by atoms with Gasteiger partial charge >= 0.3 is 0 Å². The minimum atomic E-state index is 0.133. The van der Waals surface area contributed by atoms with E-state index in [-0.39, 0.29) is 11.8 Å². The maximum absolute atomic E-state index is 12.6. The third kappa shape index (κ3) is 3.49. The lowest BCUT2D eigenvalue weighted by Gasteiger charge is -2.32. The molecule has 5 nitrogen and oxygen atoms in total. The molecular weight excluding hydrogens is 332 g/mol. The third-order valence-corrected chi connectivity index (χ3v) is 5.50. The maximum Gasteiger partial charge on any atom is 0.263 e. The molecule has 1 amide bonds. The number of nitrogens with zero attached hydrogens (tertiary/aromatic N) is 4. The van der Waals surface area contributed by atoms with Gasteiger partial charge < -0.3 is 9.47 Å². The van der Waals surface area contributed by atoms with Gasteiger partial charge in [0.05, 0.1) is 11.4 Å². The number of benzene rings is 1. The molecule has 1 aromatic carbocycles. The summed E-state index contributed by atoms with van der Waals surface area (Å²) in [6.45, 7) is 2.29. The molecule has 0 aliphatic carbocycles. The van der Waals surface area contributed by atoms with E-state index in [2.05, 4.69) is 26.9 Å². The van der Waals surface area contributed by atoms with Crippen molar-refractivity contribution in [1.82, 2.24) is 19.7 Å². The molecule has 2 aromatic heterocycles. The molecule has 1 aliphatic heterocycles. The fraction of sp³-hybridized carbons (Fsp3) is 0.316. The van der Waals surface area contributed by atoms with Crippen LogP contribution in [0, 0.1) is 0 Å². The molecule has 4 rings (SSSR count). The Balaban J connectivity index is 1.50. The standard InChI is InChI=1S/C19H20N4OS/c24-19(17-9-5-11-25-17)22-10-4-8-16(13-22)18-21-20-14-23(18)12-15-6-2-1-3-7-15/h1-3,5-7,9,11,14,16H,4,8,10,12-13H2/t16-/m0/s1. The number of aromatic nitrogens is 3. The van der Waals surface area contributed by atoms with Crippen LogP contribution in [0.5, 0.6) is 0 Å². The molecular formula is C19H20N4OS. The third-order valence-electron chi connectivity index (χ3n) is 4.65. The number of amides is 1. The number of carbonyl (C=O) groups is 1. The van der Waals surface area contributed by atoms with Gasteiger partial charge in [-0.3, -0.25) is 4.79 Å². The van der Waals surface area contributed by atoms with Gasteiger partial charge in [-0.25, -0.2) is 0 Å². The van der Waals surface area contributed by atoms with E-state index in [0.717, 1.165) is 36.6 Å². The summed E-state index contributed by atoms with van der Waals surface area (Å²) in [6, 6.07) is 14.1. The Morgan fingerprint density at radius 1 is 1.20 bits per heavy atom. The molecule has 1 saturated heterocycles. The largest absolute Gasteiger partial charge is 0.337 e. The van der Waals surface area contributed by atoms with Crippen LogP contribution in [0.1, 0.15) is 39.8 Å². The zero-order valence-electron chi connectivity index (χ0n) is 13.9. The molecule has 25 heavy (non-hydrogen) atoms. The van der Waals surface area contributed by atoms with E-state index in [1.807, 2.05) is 40.6 Å². The van der Waals surface area contributed by atoms with Crippen LogP contribution < -0.4 is 0 Å². The molecule has 3 aromatic rings. The summed E-state index contributed by atoms with van der Waals surface area (Å²) >= 11 is 1.50. The molecule has 0 bridgehead atoms. The molecule has 1 atom stereocenters. The SMILES string of the molecule is O=C(c1cccs1)N1CCC[C@H](c2nncn2Cc2ccccc2)C1. The van der Waals surface area contributed by atoms with Crippen molar-refractivity contribution in [2.75, 3.05) is 13.1 Å². The van der Waals surface area contributed by atoms with E-state index >= 15 is 0 Å². The van der Waals surface area contributed by atoms with Crippen LogP contribution in [0.25, 0.3) is 0 Å². The Morgan fingerprint density at radius 3 is 2.88 bits per heavy atom. The van der Waals surface area contributed by atoms with Gasteiger partial charge in [0.2, 0.25) is 0 Å². The van der Waals surface area contributed by atoms with E-state index in [1.165, 1.54) is 16.9 Å². The summed E-state index contributed by atoms with van der Waals surface area (Å²) in [5, 5.41) is 10.4. The Labute approximate surface area is 150 Å². The van der Waals surface area contributed by atoms with E-state index in [0.29, 0.717) is 6.54 Å². The number of hydrogen-bond donors (Lipinski definition) is 0. The van der Waals surface area contributed by atoms with Gasteiger partial charge in [-0.2, -0.15) is 0 Å². The van der Waals surface area contributed by atoms with Crippen LogP contribution in [-0.2, 0) is 6.54 Å². The summed E-state index contributed by atoms with van der Waals surface area (Å²) in [6.07, 6.45) is 3.84. The topological polar surface area (TPSA) is 51.0 Å². The predicted octanol–water partition coefficient (Wildman–Crippen LogP) is 3.41. The summed E-state index contributed by atoms with van der Waals surface area (Å²) < 4.78 is 2.11. The predicted molar refractivity (Wildman–Crippen MR) is 97.8 cm³/mol. The number of thiophene rings is 1. The molecule has 3 heterocycles. The van der Waals surface area contributed by atoms with Crippen molar-refractivity contribution >= 4 is 17.2 Å². The first-order chi connectivity index (χ1) is 12.3. The van der Waals surface area contributed by atoms with Gasteiger partial charge in [-0.1, -0.05) is 36.4 Å². The Morgan fingerprint density at radius 2 is 2.08 bits per heavy atom. The maximum atomic E-state index is 12.6. The van der Waals surface area contributed by atoms with E-state index in [1.54, 1.807) is 6.33 Å². The molecule has 128 valence electrons. The number of carbonyl (C=O) groups excluding carboxylic acids is 1. The van der Waals surface area contributed by atoms with Crippen molar-refractivity contribution in [3.8, 4) is 0 Å². The van der Waals surface area contributed by atoms with E-state index in [4.69, 9.17) is 0 Å². The number of piperidine rings is 1. The minimum Gasteiger partial charge on any atom is -0.337 e. The van der Waals surface area contributed by atoms with Crippen LogP contribution in [-0.4, -0.2) is 38.7 Å². The quantitative estimate of drug-likeness (QED) is 0.723. The van der Waals surface area contributed by atoms with Crippen LogP contribution >= 0.6 is 11.3 Å². The molecule has 1 fully saturated rings. The van der Waals surface area contributed by atoms with Crippen LogP contribution in [0.4, 0.5) is 0 Å². The monoisotopic (exact) mass is 352 g/mol. The summed E-state index contributed by atoms with van der Waals surface area (Å²) in [7, 11) is 0. The van der Waals surface area contributed by atoms with Crippen molar-refractivity contribution in [2.45, 2.75) is 25.3 Å². The van der Waals surface area contributed by atoms with Gasteiger partial charge in [-0.05, 0) is 29.9 Å². The van der Waals surface area contributed by atoms with Crippen LogP contribution in [0.3, 0.4) is 0 Å². The number of rotatable bonds is 4. The molecule has 0 saturated carbocycles. The van der Waals surface area contributed by atoms with E-state index < -0.39 is 0 Å². The summed E-state index contributed by atoms with van der Waals surface area (Å²) in [4.78, 5) is 15.4. The highest BCUT2D eigenvalue weighted by atomic mass is 32.1. The average molecular weight is 352 g/mol. The normalized spacial score (nSPS) is 17.6. The van der Waals surface area contributed by atoms with Crippen molar-refractivity contribution in [1.29, 1.82) is 0 Å². The van der Waals surface area contributed by atoms with Gasteiger partial charge in [0.25, 0.3) is 5.91 Å². The smallest absolute Gasteiger partial charge is 0.263 e. The van der Waals surface area contributed by atoms with Crippen molar-refractivity contribution in [3.63, 3.8) is 0 Å². The van der Waals surface area contributed by atoms with Gasteiger partial charge in [0, 0.05) is 19.0 Å². The molecule has 1 aliphatic rings. The van der Waals surface area contributed by atoms with Gasteiger partial charge in [0.1, 0.15) is 12.2 Å². The van der Waals surface area contributed by atoms with Crippen molar-refractivity contribution < 1.29 is 4.79 Å². The van der Waals surface area contributed by atoms with Crippen molar-refractivity contribution in [3.05, 3.63) is 70.4 Å². The first-order valence-electron chi connectivity index (χ1n) is 8.55. The molecule has 0 N–H and O–H groups in total. The molecule has 0 unspecified atom stereocenters. The van der Waals surface area contributed by atoms with Crippen LogP contribution in [0.2, 0.25) is 0 Å². The fourth-order valence-electron chi connectivity index (χ4n) is 3.41. The zero-order chi connectivity index (χ0) is 17.1. The van der Waals surface area contributed by atoms with Crippen molar-refractivity contribution in [2.24, 2.45) is 0 Å². The molecule has 6 heteroatoms. The Hall–Kier alpha value is -2.47. The summed E-state index contributed by atoms with van der Waals surface area (Å²) in [5.74, 6) is 1.35. The second-order valence-electron chi connectivity index (χ2n) is 6.37. The second-order valence-corrected chi connectivity index (χ2v) is 7.32. The Kier molecular flexibility index (Phi) is 4.61. The molecule has 0 spiro atoms. The fourth-order valence-corrected chi connectivity index (χ4v) is 4.10. The highest BCUT2D eigenvalue weighted by Crippen LogP contribution is 2.27. The summed E-state index contributed by atoms with van der Waals surface area (Å²) in [5.41, 5.74) is 1.23. The number of hydrogen-bond acceptors (Lipinski definition) is 4. The van der Waals surface area contributed by atoms with Gasteiger partial charge in [-0.15, -0.1) is 21.5 Å². The zero-order valence-corrected chi connectivity index (χ0v) is 14.7. The lowest BCUT2D eigenvalue weighted by molar-refractivity contribution is 0.0708. The first kappa shape index (κ1) is 16.0. The minimum absolute atomic E-state index is 0.133. The highest BCUT2D eigenvalue weighted by Gasteiger charge is 2.28. The molecule has 0 radical (unpaired) electrons. The van der Waals surface area contributed by atoms with Crippen LogP contribution in [0.15, 0.2) is 54.2 Å². The number of likely N-dealkylation sites (tertiary alicyclic amines) is 1. The second kappa shape index (κ2) is 7.19. The van der Waals surface area contributed by atoms with Gasteiger partial charge in [0.15, 0.2) is 0 Å². The Bertz CT molecular complexity index is 828. The lowest BCUT2D eigenvalue weighted by Crippen LogP contribution is -2.39.